The fourth-order valence-corrected chi connectivity index (χ4v) is 6.97. The Labute approximate surface area is 299 Å². The second-order valence-corrected chi connectivity index (χ2v) is 13.9. The number of rotatable bonds is 3. The normalized spacial score (nSPS) is 11.4. The van der Waals surface area contributed by atoms with E-state index in [0.717, 1.165) is 65.2 Å². The Bertz CT molecular complexity index is 2310. The van der Waals surface area contributed by atoms with Crippen LogP contribution in [0.15, 0.2) is 108 Å². The summed E-state index contributed by atoms with van der Waals surface area (Å²) in [6, 6.07) is 37.2. The topological polar surface area (TPSA) is 51.8 Å². The molecule has 0 aliphatic rings. The number of aromatic nitrogens is 3. The van der Waals surface area contributed by atoms with Gasteiger partial charge in [-0.3, -0.25) is 0 Å². The molecule has 0 spiro atoms. The van der Waals surface area contributed by atoms with Crippen molar-refractivity contribution in [3.05, 3.63) is 137 Å². The Hall–Kier alpha value is -4.48. The van der Waals surface area contributed by atoms with Gasteiger partial charge in [-0.05, 0) is 72.1 Å². The van der Waals surface area contributed by atoms with Crippen LogP contribution in [0.3, 0.4) is 0 Å². The third-order valence-corrected chi connectivity index (χ3v) is 9.81. The van der Waals surface area contributed by atoms with Crippen LogP contribution in [0.5, 0.6) is 0 Å². The Morgan fingerprint density at radius 1 is 0.708 bits per heavy atom. The molecule has 4 heterocycles. The third-order valence-electron chi connectivity index (χ3n) is 8.36. The zero-order valence-corrected chi connectivity index (χ0v) is 31.0. The molecule has 8 aromatic rings. The number of fused-ring (bicyclic) bond motifs is 5. The molecule has 4 aromatic heterocycles. The summed E-state index contributed by atoms with van der Waals surface area (Å²) >= 11 is 1.74. The molecule has 0 unspecified atom stereocenters. The van der Waals surface area contributed by atoms with E-state index in [0.29, 0.717) is 0 Å². The molecule has 241 valence electrons. The van der Waals surface area contributed by atoms with Gasteiger partial charge in [0.05, 0.1) is 15.3 Å². The minimum atomic E-state index is -0.00309. The van der Waals surface area contributed by atoms with Gasteiger partial charge in [0, 0.05) is 43.3 Å². The van der Waals surface area contributed by atoms with E-state index in [9.17, 15) is 0 Å². The first-order chi connectivity index (χ1) is 22.7. The number of pyridine rings is 2. The first kappa shape index (κ1) is 33.4. The van der Waals surface area contributed by atoms with Crippen LogP contribution in [0.4, 0.5) is 0 Å². The second-order valence-electron chi connectivity index (χ2n) is 12.9. The standard InChI is InChI=1S/C31H27N2OS.C11H8N.Ir/c1-17-9-7-10-18(2)26(17)23-15-24(32-16-19(23)3)22-12-8-11-20-21-13-14-25-27(29(21)34-28(20)22)33-30(35-25)31(4,5)6;1-2-6-10(7-3-1)11-8-4-5-9-12-11;/h7-11,13-16H,1-6H3;1-6,8-9H;/q2*-1;. The summed E-state index contributed by atoms with van der Waals surface area (Å²) in [4.78, 5) is 14.0. The summed E-state index contributed by atoms with van der Waals surface area (Å²) in [5.74, 6) is 0. The fraction of sp³-hybridized carbons (Fsp3) is 0.167. The predicted molar refractivity (Wildman–Crippen MR) is 196 cm³/mol. The molecule has 0 saturated heterocycles. The van der Waals surface area contributed by atoms with Crippen molar-refractivity contribution >= 4 is 43.5 Å². The van der Waals surface area contributed by atoms with Crippen LogP contribution in [-0.4, -0.2) is 15.0 Å². The Kier molecular flexibility index (Phi) is 9.44. The van der Waals surface area contributed by atoms with E-state index in [4.69, 9.17) is 14.4 Å². The molecule has 0 atom stereocenters. The average molecular weight is 822 g/mol. The maximum atomic E-state index is 6.57. The van der Waals surface area contributed by atoms with Gasteiger partial charge in [-0.1, -0.05) is 74.2 Å². The summed E-state index contributed by atoms with van der Waals surface area (Å²) < 4.78 is 7.72. The Morgan fingerprint density at radius 3 is 2.19 bits per heavy atom. The summed E-state index contributed by atoms with van der Waals surface area (Å²) in [6.07, 6.45) is 3.75. The second kappa shape index (κ2) is 13.6. The van der Waals surface area contributed by atoms with E-state index in [1.54, 1.807) is 17.5 Å². The van der Waals surface area contributed by atoms with Crippen LogP contribution in [0.1, 0.15) is 42.5 Å². The van der Waals surface area contributed by atoms with Crippen LogP contribution in [-0.2, 0) is 25.5 Å². The SMILES string of the molecule is Cc1cnc(-c2[c-]ccc3c2oc2c3ccc3sc(C(C)(C)C)nc32)cc1-c1c(C)cccc1C.[Ir].[c-]1ccccc1-c1ccccn1. The van der Waals surface area contributed by atoms with Crippen LogP contribution < -0.4 is 0 Å². The number of furan rings is 1. The fourth-order valence-electron chi connectivity index (χ4n) is 5.94. The molecule has 0 N–H and O–H groups in total. The van der Waals surface area contributed by atoms with Gasteiger partial charge in [0.2, 0.25) is 0 Å². The van der Waals surface area contributed by atoms with E-state index in [1.807, 2.05) is 54.7 Å². The predicted octanol–water partition coefficient (Wildman–Crippen LogP) is 11.5. The molecule has 0 fully saturated rings. The average Bonchev–Trinajstić information content (AvgIpc) is 3.69. The van der Waals surface area contributed by atoms with Crippen molar-refractivity contribution in [2.24, 2.45) is 0 Å². The molecule has 8 rings (SSSR count). The monoisotopic (exact) mass is 822 g/mol. The van der Waals surface area contributed by atoms with Crippen LogP contribution in [0, 0.1) is 32.9 Å². The molecule has 0 aliphatic heterocycles. The third kappa shape index (κ3) is 6.36. The quantitative estimate of drug-likeness (QED) is 0.167. The molecule has 0 aliphatic carbocycles. The van der Waals surface area contributed by atoms with Crippen molar-refractivity contribution in [1.82, 2.24) is 15.0 Å². The molecular formula is C42H35IrN3OS-2. The zero-order chi connectivity index (χ0) is 32.7. The molecule has 0 saturated carbocycles. The summed E-state index contributed by atoms with van der Waals surface area (Å²) in [5, 5.41) is 3.26. The molecule has 0 bridgehead atoms. The zero-order valence-electron chi connectivity index (χ0n) is 27.8. The van der Waals surface area contributed by atoms with Gasteiger partial charge < -0.3 is 14.4 Å². The van der Waals surface area contributed by atoms with E-state index in [2.05, 4.69) is 101 Å². The van der Waals surface area contributed by atoms with E-state index < -0.39 is 0 Å². The number of benzene rings is 4. The molecule has 48 heavy (non-hydrogen) atoms. The van der Waals surface area contributed by atoms with Crippen LogP contribution in [0.2, 0.25) is 0 Å². The van der Waals surface area contributed by atoms with Gasteiger partial charge in [-0.2, -0.15) is 0 Å². The van der Waals surface area contributed by atoms with Gasteiger partial charge in [0.1, 0.15) is 11.1 Å². The largest absolute Gasteiger partial charge is 0.498 e. The molecule has 4 aromatic carbocycles. The van der Waals surface area contributed by atoms with Crippen molar-refractivity contribution in [2.45, 2.75) is 47.0 Å². The van der Waals surface area contributed by atoms with Crippen LogP contribution >= 0.6 is 11.3 Å². The number of hydrogen-bond donors (Lipinski definition) is 0. The smallest absolute Gasteiger partial charge is 0.148 e. The van der Waals surface area contributed by atoms with Crippen molar-refractivity contribution in [3.8, 4) is 33.6 Å². The molecule has 4 nitrogen and oxygen atoms in total. The Balaban J connectivity index is 0.000000260. The van der Waals surface area contributed by atoms with Gasteiger partial charge in [0.15, 0.2) is 0 Å². The minimum Gasteiger partial charge on any atom is -0.498 e. The molecule has 1 radical (unpaired) electrons. The van der Waals surface area contributed by atoms with Gasteiger partial charge in [-0.15, -0.1) is 65.4 Å². The summed E-state index contributed by atoms with van der Waals surface area (Å²) in [7, 11) is 0. The van der Waals surface area contributed by atoms with Crippen molar-refractivity contribution in [3.63, 3.8) is 0 Å². The first-order valence-corrected chi connectivity index (χ1v) is 16.6. The first-order valence-electron chi connectivity index (χ1n) is 15.8. The Morgan fingerprint density at radius 2 is 1.48 bits per heavy atom. The van der Waals surface area contributed by atoms with E-state index in [-0.39, 0.29) is 25.5 Å². The van der Waals surface area contributed by atoms with Crippen molar-refractivity contribution in [2.75, 3.05) is 0 Å². The van der Waals surface area contributed by atoms with Crippen molar-refractivity contribution in [1.29, 1.82) is 0 Å². The number of nitrogens with zero attached hydrogens (tertiary/aromatic N) is 3. The van der Waals surface area contributed by atoms with E-state index >= 15 is 0 Å². The number of hydrogen-bond acceptors (Lipinski definition) is 5. The van der Waals surface area contributed by atoms with Gasteiger partial charge in [0.25, 0.3) is 0 Å². The van der Waals surface area contributed by atoms with Gasteiger partial charge >= 0.3 is 0 Å². The van der Waals surface area contributed by atoms with Crippen molar-refractivity contribution < 1.29 is 24.5 Å². The molecule has 6 heteroatoms. The molecule has 0 amide bonds. The number of thiazole rings is 1. The minimum absolute atomic E-state index is 0. The summed E-state index contributed by atoms with van der Waals surface area (Å²) in [6.45, 7) is 13.0. The number of aryl methyl sites for hydroxylation is 3. The maximum absolute atomic E-state index is 6.57. The van der Waals surface area contributed by atoms with Crippen LogP contribution in [0.25, 0.3) is 65.8 Å². The van der Waals surface area contributed by atoms with Gasteiger partial charge in [-0.25, -0.2) is 4.98 Å². The molecular weight excluding hydrogens is 787 g/mol. The maximum Gasteiger partial charge on any atom is 0.148 e. The van der Waals surface area contributed by atoms with E-state index in [1.165, 1.54) is 22.3 Å². The summed E-state index contributed by atoms with van der Waals surface area (Å²) in [5.41, 5.74) is 12.5.